The summed E-state index contributed by atoms with van der Waals surface area (Å²) in [5, 5.41) is 6.64. The third-order valence-electron chi connectivity index (χ3n) is 2.88. The fourth-order valence-corrected chi connectivity index (χ4v) is 1.82. The molecular weight excluding hydrogens is 318 g/mol. The Labute approximate surface area is 140 Å². The van der Waals surface area contributed by atoms with Crippen LogP contribution in [-0.2, 0) is 14.2 Å². The monoisotopic (exact) mass is 341 g/mol. The van der Waals surface area contributed by atoms with Crippen molar-refractivity contribution < 1.29 is 28.6 Å². The van der Waals surface area contributed by atoms with E-state index in [1.807, 2.05) is 0 Å². The first kappa shape index (κ1) is 19.5. The minimum Gasteiger partial charge on any atom is -0.464 e. The van der Waals surface area contributed by atoms with Gasteiger partial charge in [-0.3, -0.25) is 4.68 Å². The van der Waals surface area contributed by atoms with Crippen molar-refractivity contribution in [2.24, 2.45) is 0 Å². The number of aromatic nitrogens is 2. The molecule has 0 bridgehead atoms. The molecule has 0 saturated heterocycles. The Balaban J connectivity index is 2.90. The Kier molecular flexibility index (Phi) is 6.33. The lowest BCUT2D eigenvalue weighted by molar-refractivity contribution is 0.0517. The molecule has 0 aliphatic carbocycles. The van der Waals surface area contributed by atoms with Crippen LogP contribution >= 0.6 is 0 Å². The molecule has 0 aliphatic rings. The van der Waals surface area contributed by atoms with Gasteiger partial charge in [0.2, 0.25) is 0 Å². The first-order valence-corrected chi connectivity index (χ1v) is 7.32. The van der Waals surface area contributed by atoms with Crippen LogP contribution < -0.4 is 5.32 Å². The molecule has 1 atom stereocenters. The van der Waals surface area contributed by atoms with E-state index in [-0.39, 0.29) is 17.9 Å². The SMILES string of the molecule is COC(=O)c1cc(C(=O)OC)n([C@H](C)CNC(=O)OC(C)(C)C)n1. The van der Waals surface area contributed by atoms with Crippen molar-refractivity contribution in [1.29, 1.82) is 0 Å². The first-order valence-electron chi connectivity index (χ1n) is 7.32. The van der Waals surface area contributed by atoms with E-state index in [4.69, 9.17) is 4.74 Å². The number of rotatable bonds is 5. The quantitative estimate of drug-likeness (QED) is 0.639. The highest BCUT2D eigenvalue weighted by Gasteiger charge is 2.24. The second-order valence-electron chi connectivity index (χ2n) is 6.07. The van der Waals surface area contributed by atoms with Crippen LogP contribution in [0.3, 0.4) is 0 Å². The van der Waals surface area contributed by atoms with Gasteiger partial charge in [-0.15, -0.1) is 0 Å². The molecule has 0 aliphatic heterocycles. The van der Waals surface area contributed by atoms with Crippen molar-refractivity contribution in [2.45, 2.75) is 39.3 Å². The maximum Gasteiger partial charge on any atom is 0.407 e. The van der Waals surface area contributed by atoms with Crippen LogP contribution in [0.2, 0.25) is 0 Å². The Morgan fingerprint density at radius 2 is 1.79 bits per heavy atom. The number of carbonyl (C=O) groups is 3. The van der Waals surface area contributed by atoms with E-state index in [1.54, 1.807) is 27.7 Å². The van der Waals surface area contributed by atoms with Crippen molar-refractivity contribution in [3.63, 3.8) is 0 Å². The number of ether oxygens (including phenoxy) is 3. The van der Waals surface area contributed by atoms with Crippen molar-refractivity contribution in [3.05, 3.63) is 17.5 Å². The third-order valence-corrected chi connectivity index (χ3v) is 2.88. The molecule has 0 saturated carbocycles. The van der Waals surface area contributed by atoms with Gasteiger partial charge in [-0.1, -0.05) is 0 Å². The summed E-state index contributed by atoms with van der Waals surface area (Å²) in [6, 6.07) is 0.854. The van der Waals surface area contributed by atoms with Gasteiger partial charge in [0, 0.05) is 12.6 Å². The number of alkyl carbamates (subject to hydrolysis) is 1. The van der Waals surface area contributed by atoms with E-state index in [0.29, 0.717) is 0 Å². The molecule has 0 aromatic carbocycles. The van der Waals surface area contributed by atoms with Gasteiger partial charge in [0.15, 0.2) is 5.69 Å². The van der Waals surface area contributed by atoms with Crippen LogP contribution in [0.1, 0.15) is 54.7 Å². The highest BCUT2D eigenvalue weighted by Crippen LogP contribution is 2.14. The zero-order valence-electron chi connectivity index (χ0n) is 14.7. The summed E-state index contributed by atoms with van der Waals surface area (Å²) in [5.41, 5.74) is -0.563. The van der Waals surface area contributed by atoms with Crippen LogP contribution in [-0.4, -0.2) is 54.2 Å². The maximum absolute atomic E-state index is 11.8. The second kappa shape index (κ2) is 7.80. The summed E-state index contributed by atoms with van der Waals surface area (Å²) < 4.78 is 15.7. The Morgan fingerprint density at radius 1 is 1.21 bits per heavy atom. The summed E-state index contributed by atoms with van der Waals surface area (Å²) >= 11 is 0. The molecular formula is C15H23N3O6. The van der Waals surface area contributed by atoms with Crippen LogP contribution in [0.25, 0.3) is 0 Å². The lowest BCUT2D eigenvalue weighted by Gasteiger charge is -2.21. The number of carbonyl (C=O) groups excluding carboxylic acids is 3. The van der Waals surface area contributed by atoms with E-state index in [0.717, 1.165) is 0 Å². The van der Waals surface area contributed by atoms with E-state index in [9.17, 15) is 14.4 Å². The zero-order chi connectivity index (χ0) is 18.5. The standard InChI is InChI=1S/C15H23N3O6/c1-9(8-16-14(21)24-15(2,3)4)18-11(13(20)23-6)7-10(17-18)12(19)22-5/h7,9H,8H2,1-6H3,(H,16,21)/t9-/m1/s1. The Hall–Kier alpha value is -2.58. The molecule has 24 heavy (non-hydrogen) atoms. The zero-order valence-corrected chi connectivity index (χ0v) is 14.7. The van der Waals surface area contributed by atoms with Crippen molar-refractivity contribution >= 4 is 18.0 Å². The van der Waals surface area contributed by atoms with Crippen LogP contribution in [0, 0.1) is 0 Å². The minimum absolute atomic E-state index is 0.0259. The van der Waals surface area contributed by atoms with Gasteiger partial charge >= 0.3 is 18.0 Å². The van der Waals surface area contributed by atoms with Gasteiger partial charge in [-0.2, -0.15) is 5.10 Å². The number of amides is 1. The number of hydrogen-bond acceptors (Lipinski definition) is 7. The van der Waals surface area contributed by atoms with Crippen LogP contribution in [0.5, 0.6) is 0 Å². The summed E-state index contributed by atoms with van der Waals surface area (Å²) in [6.07, 6.45) is -0.589. The first-order chi connectivity index (χ1) is 11.1. The molecule has 1 amide bonds. The summed E-state index contributed by atoms with van der Waals surface area (Å²) in [5.74, 6) is -1.33. The Morgan fingerprint density at radius 3 is 2.29 bits per heavy atom. The molecule has 1 rings (SSSR count). The molecule has 1 aromatic rings. The lowest BCUT2D eigenvalue weighted by atomic mass is 10.2. The van der Waals surface area contributed by atoms with Gasteiger partial charge in [-0.05, 0) is 27.7 Å². The van der Waals surface area contributed by atoms with Crippen LogP contribution in [0.15, 0.2) is 6.07 Å². The molecule has 1 N–H and O–H groups in total. The molecule has 9 heteroatoms. The van der Waals surface area contributed by atoms with Crippen molar-refractivity contribution in [2.75, 3.05) is 20.8 Å². The molecule has 0 spiro atoms. The lowest BCUT2D eigenvalue weighted by Crippen LogP contribution is -2.36. The number of hydrogen-bond donors (Lipinski definition) is 1. The second-order valence-corrected chi connectivity index (χ2v) is 6.07. The highest BCUT2D eigenvalue weighted by atomic mass is 16.6. The fraction of sp³-hybridized carbons (Fsp3) is 0.600. The molecule has 134 valence electrons. The van der Waals surface area contributed by atoms with Gasteiger partial charge in [-0.25, -0.2) is 14.4 Å². The highest BCUT2D eigenvalue weighted by molar-refractivity contribution is 5.93. The number of nitrogens with one attached hydrogen (secondary N) is 1. The molecule has 0 unspecified atom stereocenters. The predicted molar refractivity (Wildman–Crippen MR) is 83.9 cm³/mol. The van der Waals surface area contributed by atoms with Crippen molar-refractivity contribution in [1.82, 2.24) is 15.1 Å². The predicted octanol–water partition coefficient (Wildman–Crippen LogP) is 1.54. The van der Waals surface area contributed by atoms with Gasteiger partial charge < -0.3 is 19.5 Å². The summed E-state index contributed by atoms with van der Waals surface area (Å²) in [7, 11) is 2.44. The van der Waals surface area contributed by atoms with Gasteiger partial charge in [0.1, 0.15) is 11.3 Å². The summed E-state index contributed by atoms with van der Waals surface area (Å²) in [4.78, 5) is 35.1. The van der Waals surface area contributed by atoms with E-state index >= 15 is 0 Å². The summed E-state index contributed by atoms with van der Waals surface area (Å²) in [6.45, 7) is 7.11. The largest absolute Gasteiger partial charge is 0.464 e. The van der Waals surface area contributed by atoms with E-state index in [2.05, 4.69) is 19.9 Å². The van der Waals surface area contributed by atoms with Crippen molar-refractivity contribution in [3.8, 4) is 0 Å². The van der Waals surface area contributed by atoms with Gasteiger partial charge in [0.05, 0.1) is 20.3 Å². The number of esters is 2. The normalized spacial score (nSPS) is 12.2. The molecule has 0 fully saturated rings. The fourth-order valence-electron chi connectivity index (χ4n) is 1.82. The van der Waals surface area contributed by atoms with Crippen LogP contribution in [0.4, 0.5) is 4.79 Å². The third kappa shape index (κ3) is 5.25. The average molecular weight is 341 g/mol. The minimum atomic E-state index is -0.675. The number of methoxy groups -OCH3 is 2. The van der Waals surface area contributed by atoms with E-state index < -0.39 is 29.7 Å². The maximum atomic E-state index is 11.8. The molecule has 1 aromatic heterocycles. The van der Waals surface area contributed by atoms with E-state index in [1.165, 1.54) is 25.0 Å². The topological polar surface area (TPSA) is 109 Å². The molecule has 1 heterocycles. The average Bonchev–Trinajstić information content (AvgIpc) is 2.94. The smallest absolute Gasteiger partial charge is 0.407 e. The van der Waals surface area contributed by atoms with Gasteiger partial charge in [0.25, 0.3) is 0 Å². The number of nitrogens with zero attached hydrogens (tertiary/aromatic N) is 2. The molecule has 9 nitrogen and oxygen atoms in total. The molecule has 0 radical (unpaired) electrons. The Bertz CT molecular complexity index is 617.